The van der Waals surface area contributed by atoms with Gasteiger partial charge in [-0.15, -0.1) is 0 Å². The molecule has 3 heteroatoms. The van der Waals surface area contributed by atoms with Crippen LogP contribution in [0.2, 0.25) is 0 Å². The second-order valence-electron chi connectivity index (χ2n) is 11.2. The normalized spacial score (nSPS) is 22.3. The van der Waals surface area contributed by atoms with Gasteiger partial charge in [-0.1, -0.05) is 78.9 Å². The van der Waals surface area contributed by atoms with Gasteiger partial charge in [0.15, 0.2) is 0 Å². The first-order chi connectivity index (χ1) is 19.2. The molecule has 1 saturated carbocycles. The zero-order valence-electron chi connectivity index (χ0n) is 22.5. The van der Waals surface area contributed by atoms with Crippen LogP contribution in [0.5, 0.6) is 11.5 Å². The molecule has 2 unspecified atom stereocenters. The molecule has 1 N–H and O–H groups in total. The lowest BCUT2D eigenvalue weighted by Gasteiger charge is -2.35. The van der Waals surface area contributed by atoms with Gasteiger partial charge in [0.25, 0.3) is 0 Å². The van der Waals surface area contributed by atoms with E-state index < -0.39 is 0 Å². The fourth-order valence-corrected chi connectivity index (χ4v) is 6.52. The van der Waals surface area contributed by atoms with Crippen molar-refractivity contribution in [1.82, 2.24) is 0 Å². The molecule has 0 aromatic heterocycles. The Morgan fingerprint density at radius 1 is 0.692 bits per heavy atom. The summed E-state index contributed by atoms with van der Waals surface area (Å²) in [5.41, 5.74) is 6.69. The molecule has 0 aliphatic heterocycles. The van der Waals surface area contributed by atoms with E-state index >= 15 is 0 Å². The van der Waals surface area contributed by atoms with E-state index in [4.69, 9.17) is 9.47 Å². The minimum absolute atomic E-state index is 0.114. The summed E-state index contributed by atoms with van der Waals surface area (Å²) in [6.07, 6.45) is 6.02. The van der Waals surface area contributed by atoms with Crippen molar-refractivity contribution in [3.8, 4) is 11.5 Å². The quantitative estimate of drug-likeness (QED) is 0.244. The van der Waals surface area contributed by atoms with Crippen LogP contribution in [-0.2, 0) is 13.0 Å². The molecule has 0 radical (unpaired) electrons. The van der Waals surface area contributed by atoms with Gasteiger partial charge in [0, 0.05) is 5.92 Å². The molecule has 0 bridgehead atoms. The van der Waals surface area contributed by atoms with Crippen molar-refractivity contribution in [1.29, 1.82) is 0 Å². The molecule has 2 aliphatic carbocycles. The maximum atomic E-state index is 9.79. The van der Waals surface area contributed by atoms with Crippen LogP contribution in [0.1, 0.15) is 71.8 Å². The van der Waals surface area contributed by atoms with E-state index in [9.17, 15) is 5.11 Å². The van der Waals surface area contributed by atoms with E-state index in [-0.39, 0.29) is 12.0 Å². The van der Waals surface area contributed by atoms with Crippen LogP contribution >= 0.6 is 0 Å². The standard InChI is InChI=1S/C36H38O3/c37-31-15-11-26(23-31)21-22-38-32-16-12-29(13-17-32)36-34(28-9-5-2-6-10-28)19-14-30-24-33(18-20-35(30)36)39-25-27-7-3-1-4-8-27/h1-10,12-13,16-18,20,24,26,31,34,36-37H,11,14-15,19,21-23,25H2/t26?,31?,34-,36+/m1/s1. The van der Waals surface area contributed by atoms with Gasteiger partial charge in [0.05, 0.1) is 12.7 Å². The molecule has 0 saturated heterocycles. The molecule has 0 amide bonds. The van der Waals surface area contributed by atoms with Crippen molar-refractivity contribution in [2.75, 3.05) is 6.61 Å². The van der Waals surface area contributed by atoms with Crippen LogP contribution in [0.25, 0.3) is 0 Å². The summed E-state index contributed by atoms with van der Waals surface area (Å²) in [5.74, 6) is 3.16. The number of aliphatic hydroxyl groups excluding tert-OH is 1. The van der Waals surface area contributed by atoms with E-state index in [0.717, 1.165) is 50.0 Å². The first kappa shape index (κ1) is 25.7. The third kappa shape index (κ3) is 6.20. The molecule has 0 spiro atoms. The Labute approximate surface area is 232 Å². The number of ether oxygens (including phenoxy) is 2. The highest BCUT2D eigenvalue weighted by Gasteiger charge is 2.32. The van der Waals surface area contributed by atoms with Gasteiger partial charge >= 0.3 is 0 Å². The Morgan fingerprint density at radius 3 is 2.18 bits per heavy atom. The van der Waals surface area contributed by atoms with Crippen LogP contribution in [0.15, 0.2) is 103 Å². The van der Waals surface area contributed by atoms with E-state index in [0.29, 0.717) is 25.0 Å². The number of rotatable bonds is 9. The van der Waals surface area contributed by atoms with Gasteiger partial charge in [-0.05, 0) is 102 Å². The fourth-order valence-electron chi connectivity index (χ4n) is 6.52. The highest BCUT2D eigenvalue weighted by Crippen LogP contribution is 2.47. The molecule has 4 atom stereocenters. The Bertz CT molecular complexity index is 1330. The van der Waals surface area contributed by atoms with Gasteiger partial charge < -0.3 is 14.6 Å². The number of benzene rings is 4. The minimum Gasteiger partial charge on any atom is -0.494 e. The molecule has 200 valence electrons. The van der Waals surface area contributed by atoms with Crippen molar-refractivity contribution in [3.05, 3.63) is 131 Å². The molecule has 3 nitrogen and oxygen atoms in total. The SMILES string of the molecule is OC1CCC(CCOc2ccc([C@@H]3c4ccc(OCc5ccccc5)cc4CC[C@@H]3c3ccccc3)cc2)C1. The summed E-state index contributed by atoms with van der Waals surface area (Å²) in [7, 11) is 0. The van der Waals surface area contributed by atoms with Crippen molar-refractivity contribution < 1.29 is 14.6 Å². The van der Waals surface area contributed by atoms with Crippen molar-refractivity contribution in [3.63, 3.8) is 0 Å². The largest absolute Gasteiger partial charge is 0.494 e. The maximum absolute atomic E-state index is 9.79. The van der Waals surface area contributed by atoms with Crippen LogP contribution in [-0.4, -0.2) is 17.8 Å². The average molecular weight is 519 g/mol. The highest BCUT2D eigenvalue weighted by molar-refractivity contribution is 5.48. The molecular formula is C36H38O3. The third-order valence-electron chi connectivity index (χ3n) is 8.60. The lowest BCUT2D eigenvalue weighted by molar-refractivity contribution is 0.174. The number of aliphatic hydroxyl groups is 1. The summed E-state index contributed by atoms with van der Waals surface area (Å²) in [6.45, 7) is 1.29. The first-order valence-electron chi connectivity index (χ1n) is 14.5. The van der Waals surface area contributed by atoms with E-state index in [2.05, 4.69) is 97.1 Å². The van der Waals surface area contributed by atoms with Gasteiger partial charge in [-0.2, -0.15) is 0 Å². The second kappa shape index (κ2) is 12.1. The number of fused-ring (bicyclic) bond motifs is 1. The van der Waals surface area contributed by atoms with Crippen molar-refractivity contribution in [2.24, 2.45) is 5.92 Å². The smallest absolute Gasteiger partial charge is 0.120 e. The molecule has 4 aromatic rings. The number of hydrogen-bond donors (Lipinski definition) is 1. The van der Waals surface area contributed by atoms with E-state index in [1.807, 2.05) is 6.07 Å². The third-order valence-corrected chi connectivity index (χ3v) is 8.60. The molecule has 1 fully saturated rings. The summed E-state index contributed by atoms with van der Waals surface area (Å²) >= 11 is 0. The van der Waals surface area contributed by atoms with E-state index in [1.165, 1.54) is 27.8 Å². The zero-order valence-corrected chi connectivity index (χ0v) is 22.5. The van der Waals surface area contributed by atoms with Crippen LogP contribution in [0.4, 0.5) is 0 Å². The summed E-state index contributed by atoms with van der Waals surface area (Å²) < 4.78 is 12.3. The molecule has 2 aliphatic rings. The molecule has 6 rings (SSSR count). The van der Waals surface area contributed by atoms with Crippen molar-refractivity contribution in [2.45, 2.75) is 63.1 Å². The predicted octanol–water partition coefficient (Wildman–Crippen LogP) is 8.06. The summed E-state index contributed by atoms with van der Waals surface area (Å²) in [5, 5.41) is 9.79. The van der Waals surface area contributed by atoms with Gasteiger partial charge in [0.2, 0.25) is 0 Å². The minimum atomic E-state index is -0.114. The van der Waals surface area contributed by atoms with Gasteiger partial charge in [-0.25, -0.2) is 0 Å². The highest BCUT2D eigenvalue weighted by atomic mass is 16.5. The Morgan fingerprint density at radius 2 is 1.44 bits per heavy atom. The monoisotopic (exact) mass is 518 g/mol. The Balaban J connectivity index is 1.20. The molecule has 0 heterocycles. The first-order valence-corrected chi connectivity index (χ1v) is 14.5. The van der Waals surface area contributed by atoms with E-state index in [1.54, 1.807) is 0 Å². The van der Waals surface area contributed by atoms with Gasteiger partial charge in [0.1, 0.15) is 18.1 Å². The van der Waals surface area contributed by atoms with Gasteiger partial charge in [-0.3, -0.25) is 0 Å². The zero-order chi connectivity index (χ0) is 26.4. The lowest BCUT2D eigenvalue weighted by atomic mass is 9.69. The number of aryl methyl sites for hydroxylation is 1. The van der Waals surface area contributed by atoms with Crippen LogP contribution < -0.4 is 9.47 Å². The summed E-state index contributed by atoms with van der Waals surface area (Å²) in [6, 6.07) is 36.8. The topological polar surface area (TPSA) is 38.7 Å². The molecule has 39 heavy (non-hydrogen) atoms. The predicted molar refractivity (Wildman–Crippen MR) is 156 cm³/mol. The maximum Gasteiger partial charge on any atom is 0.120 e. The number of hydrogen-bond acceptors (Lipinski definition) is 3. The Kier molecular flexibility index (Phi) is 7.97. The molecule has 4 aromatic carbocycles. The van der Waals surface area contributed by atoms with Crippen LogP contribution in [0, 0.1) is 5.92 Å². The summed E-state index contributed by atoms with van der Waals surface area (Å²) in [4.78, 5) is 0. The van der Waals surface area contributed by atoms with Crippen LogP contribution in [0.3, 0.4) is 0 Å². The molecular weight excluding hydrogens is 480 g/mol. The Hall–Kier alpha value is -3.56. The average Bonchev–Trinajstić information content (AvgIpc) is 3.41. The second-order valence-corrected chi connectivity index (χ2v) is 11.2. The fraction of sp³-hybridized carbons (Fsp3) is 0.333. The van der Waals surface area contributed by atoms with Crippen molar-refractivity contribution >= 4 is 0 Å². The lowest BCUT2D eigenvalue weighted by Crippen LogP contribution is -2.20.